The average Bonchev–Trinajstić information content (AvgIpc) is 3.28. The lowest BCUT2D eigenvalue weighted by Gasteiger charge is -1.95. The number of carbonyl (C=O) groups excluding carboxylic acids is 2. The molecule has 0 aliphatic heterocycles. The maximum Gasteiger partial charge on any atom is 0.309 e. The highest BCUT2D eigenvalue weighted by molar-refractivity contribution is 5.70. The second-order valence-electron chi connectivity index (χ2n) is 4.60. The number of hydrogen-bond donors (Lipinski definition) is 0. The lowest BCUT2D eigenvalue weighted by Crippen LogP contribution is -2.01. The van der Waals surface area contributed by atoms with Gasteiger partial charge in [-0.2, -0.15) is 0 Å². The van der Waals surface area contributed by atoms with Crippen LogP contribution in [0.3, 0.4) is 0 Å². The van der Waals surface area contributed by atoms with Gasteiger partial charge in [-0.05, 0) is 24.7 Å². The zero-order chi connectivity index (χ0) is 16.7. The summed E-state index contributed by atoms with van der Waals surface area (Å²) in [5, 5.41) is 0. The summed E-state index contributed by atoms with van der Waals surface area (Å²) in [7, 11) is 2.84. The lowest BCUT2D eigenvalue weighted by molar-refractivity contribution is -0.141. The van der Waals surface area contributed by atoms with Crippen molar-refractivity contribution in [1.82, 2.24) is 0 Å². The van der Waals surface area contributed by atoms with Crippen molar-refractivity contribution in [2.75, 3.05) is 14.2 Å². The molecule has 0 radical (unpaired) electrons. The zero-order valence-electron chi connectivity index (χ0n) is 14.5. The molecule has 0 bridgehead atoms. The monoisotopic (exact) mass is 300 g/mol. The molecule has 1 saturated carbocycles. The quantitative estimate of drug-likeness (QED) is 0.546. The zero-order valence-corrected chi connectivity index (χ0v) is 14.5. The highest BCUT2D eigenvalue weighted by Gasteiger charge is 2.36. The van der Waals surface area contributed by atoms with Crippen LogP contribution in [0, 0.1) is 11.8 Å². The van der Waals surface area contributed by atoms with Crippen molar-refractivity contribution in [2.45, 2.75) is 59.8 Å². The molecule has 0 aromatic rings. The van der Waals surface area contributed by atoms with Crippen LogP contribution in [0.25, 0.3) is 0 Å². The predicted molar refractivity (Wildman–Crippen MR) is 85.9 cm³/mol. The van der Waals surface area contributed by atoms with Gasteiger partial charge in [-0.1, -0.05) is 46.3 Å². The smallest absolute Gasteiger partial charge is 0.309 e. The molecule has 0 saturated heterocycles. The first-order chi connectivity index (χ1) is 10.1. The van der Waals surface area contributed by atoms with E-state index in [0.717, 1.165) is 12.3 Å². The van der Waals surface area contributed by atoms with Gasteiger partial charge >= 0.3 is 11.9 Å². The standard InChI is InChI=1S/C8H14O2.C7H12O2.C2H6/c1-3-6-4-7(6)5-8(9)10-2;1-3-4-5-6-7(8)9-2;1-2/h6-7H,3-5H2,1-2H3;4-5H,3,6H2,1-2H3;1-2H3/b;5-4-;. The first-order valence-corrected chi connectivity index (χ1v) is 7.87. The molecule has 2 atom stereocenters. The van der Waals surface area contributed by atoms with Crippen LogP contribution in [0.5, 0.6) is 0 Å². The molecule has 1 aliphatic carbocycles. The number of methoxy groups -OCH3 is 2. The Kier molecular flexibility index (Phi) is 15.8. The summed E-state index contributed by atoms with van der Waals surface area (Å²) < 4.78 is 8.96. The van der Waals surface area contributed by atoms with Gasteiger partial charge < -0.3 is 9.47 Å². The van der Waals surface area contributed by atoms with E-state index in [9.17, 15) is 9.59 Å². The van der Waals surface area contributed by atoms with Gasteiger partial charge in [0.2, 0.25) is 0 Å². The molecule has 0 spiro atoms. The van der Waals surface area contributed by atoms with Crippen LogP contribution < -0.4 is 0 Å². The van der Waals surface area contributed by atoms with Crippen molar-refractivity contribution in [3.63, 3.8) is 0 Å². The summed E-state index contributed by atoms with van der Waals surface area (Å²) in [6.45, 7) is 8.19. The van der Waals surface area contributed by atoms with Gasteiger partial charge in [0.1, 0.15) is 0 Å². The second kappa shape index (κ2) is 15.1. The Morgan fingerprint density at radius 3 is 1.95 bits per heavy atom. The largest absolute Gasteiger partial charge is 0.469 e. The summed E-state index contributed by atoms with van der Waals surface area (Å²) in [5.41, 5.74) is 0. The van der Waals surface area contributed by atoms with Gasteiger partial charge in [0.15, 0.2) is 0 Å². The van der Waals surface area contributed by atoms with E-state index in [2.05, 4.69) is 16.4 Å². The van der Waals surface area contributed by atoms with E-state index in [1.165, 1.54) is 27.1 Å². The summed E-state index contributed by atoms with van der Waals surface area (Å²) in [6.07, 6.45) is 8.19. The Morgan fingerprint density at radius 1 is 1.00 bits per heavy atom. The molecule has 124 valence electrons. The SMILES string of the molecule is CC.CC/C=C\CC(=O)OC.CCC1CC1CC(=O)OC. The van der Waals surface area contributed by atoms with Crippen molar-refractivity contribution >= 4 is 11.9 Å². The van der Waals surface area contributed by atoms with Crippen LogP contribution in [0.4, 0.5) is 0 Å². The van der Waals surface area contributed by atoms with Crippen LogP contribution in [-0.2, 0) is 19.1 Å². The molecule has 2 unspecified atom stereocenters. The van der Waals surface area contributed by atoms with Crippen molar-refractivity contribution in [3.8, 4) is 0 Å². The summed E-state index contributed by atoms with van der Waals surface area (Å²) in [6, 6.07) is 0. The highest BCUT2D eigenvalue weighted by atomic mass is 16.5. The van der Waals surface area contributed by atoms with E-state index < -0.39 is 0 Å². The predicted octanol–water partition coefficient (Wildman–Crippen LogP) is 4.14. The van der Waals surface area contributed by atoms with E-state index >= 15 is 0 Å². The van der Waals surface area contributed by atoms with Crippen molar-refractivity contribution in [1.29, 1.82) is 0 Å². The third-order valence-electron chi connectivity index (χ3n) is 3.16. The molecule has 0 aromatic heterocycles. The van der Waals surface area contributed by atoms with Gasteiger partial charge in [-0.25, -0.2) is 0 Å². The van der Waals surface area contributed by atoms with Crippen LogP contribution in [-0.4, -0.2) is 26.2 Å². The fourth-order valence-electron chi connectivity index (χ4n) is 1.79. The number of carbonyl (C=O) groups is 2. The van der Waals surface area contributed by atoms with Gasteiger partial charge in [-0.3, -0.25) is 9.59 Å². The molecule has 1 aliphatic rings. The molecule has 0 amide bonds. The molecule has 4 nitrogen and oxygen atoms in total. The van der Waals surface area contributed by atoms with Crippen LogP contribution in [0.15, 0.2) is 12.2 Å². The number of esters is 2. The molecular weight excluding hydrogens is 268 g/mol. The Bertz CT molecular complexity index is 297. The number of rotatable bonds is 6. The van der Waals surface area contributed by atoms with E-state index in [1.54, 1.807) is 0 Å². The van der Waals surface area contributed by atoms with E-state index in [1.807, 2.05) is 32.9 Å². The topological polar surface area (TPSA) is 52.6 Å². The number of allylic oxidation sites excluding steroid dienone is 1. The van der Waals surface area contributed by atoms with Crippen molar-refractivity contribution < 1.29 is 19.1 Å². The fourth-order valence-corrected chi connectivity index (χ4v) is 1.79. The minimum absolute atomic E-state index is 0.0547. The maximum absolute atomic E-state index is 10.7. The first kappa shape index (κ1) is 22.0. The molecule has 21 heavy (non-hydrogen) atoms. The van der Waals surface area contributed by atoms with E-state index in [0.29, 0.717) is 18.8 Å². The van der Waals surface area contributed by atoms with Gasteiger partial charge in [0, 0.05) is 6.42 Å². The normalized spacial score (nSPS) is 18.8. The highest BCUT2D eigenvalue weighted by Crippen LogP contribution is 2.43. The van der Waals surface area contributed by atoms with Crippen LogP contribution >= 0.6 is 0 Å². The minimum atomic E-state index is -0.181. The lowest BCUT2D eigenvalue weighted by atomic mass is 10.2. The minimum Gasteiger partial charge on any atom is -0.469 e. The summed E-state index contributed by atoms with van der Waals surface area (Å²) >= 11 is 0. The fraction of sp³-hybridized carbons (Fsp3) is 0.765. The molecule has 1 rings (SSSR count). The third kappa shape index (κ3) is 13.4. The molecule has 0 aromatic carbocycles. The Hall–Kier alpha value is -1.32. The summed E-state index contributed by atoms with van der Waals surface area (Å²) in [5.74, 6) is 1.21. The first-order valence-electron chi connectivity index (χ1n) is 7.87. The van der Waals surface area contributed by atoms with Gasteiger partial charge in [0.05, 0.1) is 20.6 Å². The van der Waals surface area contributed by atoms with Gasteiger partial charge in [0.25, 0.3) is 0 Å². The van der Waals surface area contributed by atoms with E-state index in [4.69, 9.17) is 0 Å². The second-order valence-corrected chi connectivity index (χ2v) is 4.60. The number of ether oxygens (including phenoxy) is 2. The summed E-state index contributed by atoms with van der Waals surface area (Å²) in [4.78, 5) is 21.1. The molecule has 0 N–H and O–H groups in total. The van der Waals surface area contributed by atoms with Crippen LogP contribution in [0.1, 0.15) is 59.8 Å². The van der Waals surface area contributed by atoms with E-state index in [-0.39, 0.29) is 11.9 Å². The Balaban J connectivity index is 0. The third-order valence-corrected chi connectivity index (χ3v) is 3.16. The maximum atomic E-state index is 10.7. The molecule has 1 fully saturated rings. The molecule has 0 heterocycles. The van der Waals surface area contributed by atoms with Crippen molar-refractivity contribution in [2.24, 2.45) is 11.8 Å². The molecular formula is C17H32O4. The number of hydrogen-bond acceptors (Lipinski definition) is 4. The van der Waals surface area contributed by atoms with Gasteiger partial charge in [-0.15, -0.1) is 0 Å². The average molecular weight is 300 g/mol. The van der Waals surface area contributed by atoms with Crippen molar-refractivity contribution in [3.05, 3.63) is 12.2 Å². The van der Waals surface area contributed by atoms with Crippen LogP contribution in [0.2, 0.25) is 0 Å². The molecule has 4 heteroatoms. The Morgan fingerprint density at radius 2 is 1.57 bits per heavy atom. The Labute approximate surface area is 129 Å².